The van der Waals surface area contributed by atoms with Crippen LogP contribution in [0.5, 0.6) is 0 Å². The summed E-state index contributed by atoms with van der Waals surface area (Å²) < 4.78 is 6.29. The summed E-state index contributed by atoms with van der Waals surface area (Å²) >= 11 is 0. The molecule has 0 aliphatic heterocycles. The van der Waals surface area contributed by atoms with E-state index in [0.29, 0.717) is 11.5 Å². The SMILES string of the molecule is C=C(C)C(=O)OC1(CC(C)C)c2ccccc2-c2cccc3cccc1c23. The Morgan fingerprint density at radius 2 is 1.59 bits per heavy atom. The van der Waals surface area contributed by atoms with Crippen LogP contribution in [0.3, 0.4) is 0 Å². The van der Waals surface area contributed by atoms with Gasteiger partial charge in [-0.2, -0.15) is 0 Å². The third-order valence-corrected chi connectivity index (χ3v) is 5.30. The van der Waals surface area contributed by atoms with Crippen molar-refractivity contribution < 1.29 is 9.53 Å². The molecule has 0 radical (unpaired) electrons. The van der Waals surface area contributed by atoms with E-state index in [4.69, 9.17) is 4.74 Å². The van der Waals surface area contributed by atoms with Crippen molar-refractivity contribution in [2.45, 2.75) is 32.8 Å². The van der Waals surface area contributed by atoms with Crippen LogP contribution in [-0.4, -0.2) is 5.97 Å². The molecule has 1 unspecified atom stereocenters. The van der Waals surface area contributed by atoms with Crippen molar-refractivity contribution in [2.75, 3.05) is 0 Å². The molecule has 4 rings (SSSR count). The number of rotatable bonds is 4. The minimum atomic E-state index is -0.811. The molecule has 0 spiro atoms. The Morgan fingerprint density at radius 3 is 2.30 bits per heavy atom. The highest BCUT2D eigenvalue weighted by atomic mass is 16.6. The zero-order chi connectivity index (χ0) is 19.2. The Kier molecular flexibility index (Phi) is 4.15. The van der Waals surface area contributed by atoms with E-state index in [9.17, 15) is 4.79 Å². The topological polar surface area (TPSA) is 26.3 Å². The Balaban J connectivity index is 2.12. The zero-order valence-corrected chi connectivity index (χ0v) is 16.1. The maximum Gasteiger partial charge on any atom is 0.334 e. The maximum atomic E-state index is 12.7. The number of carbonyl (C=O) groups is 1. The molecule has 27 heavy (non-hydrogen) atoms. The number of hydrogen-bond donors (Lipinski definition) is 0. The third kappa shape index (κ3) is 2.68. The molecule has 0 bridgehead atoms. The summed E-state index contributed by atoms with van der Waals surface area (Å²) in [4.78, 5) is 12.7. The number of hydrogen-bond acceptors (Lipinski definition) is 2. The van der Waals surface area contributed by atoms with Crippen LogP contribution < -0.4 is 0 Å². The van der Waals surface area contributed by atoms with Crippen molar-refractivity contribution in [3.05, 3.63) is 83.9 Å². The Labute approximate surface area is 160 Å². The van der Waals surface area contributed by atoms with Crippen LogP contribution in [0.25, 0.3) is 21.9 Å². The van der Waals surface area contributed by atoms with Crippen molar-refractivity contribution in [2.24, 2.45) is 5.92 Å². The molecule has 1 aliphatic carbocycles. The van der Waals surface area contributed by atoms with Crippen LogP contribution in [0.4, 0.5) is 0 Å². The molecule has 0 fully saturated rings. The number of carbonyl (C=O) groups excluding carboxylic acids is 1. The summed E-state index contributed by atoms with van der Waals surface area (Å²) in [5.41, 5.74) is 4.06. The van der Waals surface area contributed by atoms with E-state index >= 15 is 0 Å². The van der Waals surface area contributed by atoms with Gasteiger partial charge >= 0.3 is 5.97 Å². The van der Waals surface area contributed by atoms with Crippen LogP contribution in [0.2, 0.25) is 0 Å². The Morgan fingerprint density at radius 1 is 0.963 bits per heavy atom. The van der Waals surface area contributed by atoms with Crippen LogP contribution >= 0.6 is 0 Å². The summed E-state index contributed by atoms with van der Waals surface area (Å²) in [6.45, 7) is 9.84. The fourth-order valence-electron chi connectivity index (χ4n) is 4.31. The van der Waals surface area contributed by atoms with E-state index in [-0.39, 0.29) is 5.97 Å². The summed E-state index contributed by atoms with van der Waals surface area (Å²) in [6.07, 6.45) is 0.719. The molecule has 0 amide bonds. The highest BCUT2D eigenvalue weighted by molar-refractivity contribution is 6.03. The van der Waals surface area contributed by atoms with E-state index in [1.165, 1.54) is 16.3 Å². The first-order valence-corrected chi connectivity index (χ1v) is 9.45. The molecule has 0 heterocycles. The Hall–Kier alpha value is -2.87. The predicted octanol–water partition coefficient (Wildman–Crippen LogP) is 6.23. The minimum absolute atomic E-state index is 0.344. The van der Waals surface area contributed by atoms with Gasteiger partial charge in [0.05, 0.1) is 0 Å². The quantitative estimate of drug-likeness (QED) is 0.409. The molecular formula is C25H24O2. The zero-order valence-electron chi connectivity index (χ0n) is 16.1. The number of esters is 1. The molecule has 2 heteroatoms. The Bertz CT molecular complexity index is 1060. The van der Waals surface area contributed by atoms with Crippen LogP contribution in [0.1, 0.15) is 38.3 Å². The third-order valence-electron chi connectivity index (χ3n) is 5.30. The van der Waals surface area contributed by atoms with Crippen LogP contribution in [0.15, 0.2) is 72.8 Å². The van der Waals surface area contributed by atoms with Crippen LogP contribution in [-0.2, 0) is 15.1 Å². The fraction of sp³-hybridized carbons (Fsp3) is 0.240. The number of benzene rings is 3. The molecule has 136 valence electrons. The second kappa shape index (κ2) is 6.38. The molecule has 0 aromatic heterocycles. The first-order chi connectivity index (χ1) is 12.9. The normalized spacial score (nSPS) is 17.6. The second-order valence-electron chi connectivity index (χ2n) is 7.85. The summed E-state index contributed by atoms with van der Waals surface area (Å²) in [5.74, 6) is -0.00154. The smallest absolute Gasteiger partial charge is 0.334 e. The average molecular weight is 356 g/mol. The molecule has 3 aromatic carbocycles. The molecule has 0 N–H and O–H groups in total. The molecule has 1 aliphatic rings. The molecule has 2 nitrogen and oxygen atoms in total. The highest BCUT2D eigenvalue weighted by Gasteiger charge is 2.44. The highest BCUT2D eigenvalue weighted by Crippen LogP contribution is 2.52. The molecule has 0 saturated heterocycles. The lowest BCUT2D eigenvalue weighted by Gasteiger charge is -2.41. The lowest BCUT2D eigenvalue weighted by molar-refractivity contribution is -0.153. The van der Waals surface area contributed by atoms with Gasteiger partial charge in [0.1, 0.15) is 0 Å². The largest absolute Gasteiger partial charge is 0.446 e. The summed E-state index contributed by atoms with van der Waals surface area (Å²) in [7, 11) is 0. The monoisotopic (exact) mass is 356 g/mol. The fourth-order valence-corrected chi connectivity index (χ4v) is 4.31. The van der Waals surface area contributed by atoms with E-state index in [1.807, 2.05) is 12.1 Å². The van der Waals surface area contributed by atoms with Crippen LogP contribution in [0, 0.1) is 5.92 Å². The van der Waals surface area contributed by atoms with Crippen molar-refractivity contribution >= 4 is 16.7 Å². The predicted molar refractivity (Wildman–Crippen MR) is 111 cm³/mol. The van der Waals surface area contributed by atoms with Gasteiger partial charge in [-0.05, 0) is 41.2 Å². The summed E-state index contributed by atoms with van der Waals surface area (Å²) in [6, 6.07) is 21.0. The standard InChI is InChI=1S/C25H24O2/c1-16(2)15-25(27-24(26)17(3)4)21-13-6-5-11-19(21)20-12-7-9-18-10-8-14-22(25)23(18)20/h5-14,16H,3,15H2,1-2,4H3. The number of fused-ring (bicyclic) bond motifs is 2. The van der Waals surface area contributed by atoms with Gasteiger partial charge in [0, 0.05) is 16.7 Å². The van der Waals surface area contributed by atoms with Gasteiger partial charge in [-0.1, -0.05) is 81.1 Å². The molecule has 1 atom stereocenters. The van der Waals surface area contributed by atoms with E-state index in [0.717, 1.165) is 23.1 Å². The maximum absolute atomic E-state index is 12.7. The van der Waals surface area contributed by atoms with E-state index in [2.05, 4.69) is 69.0 Å². The number of ether oxygens (including phenoxy) is 1. The van der Waals surface area contributed by atoms with Gasteiger partial charge in [0.15, 0.2) is 5.60 Å². The van der Waals surface area contributed by atoms with Gasteiger partial charge in [-0.25, -0.2) is 4.79 Å². The van der Waals surface area contributed by atoms with Gasteiger partial charge < -0.3 is 4.74 Å². The average Bonchev–Trinajstić information content (AvgIpc) is 2.65. The van der Waals surface area contributed by atoms with E-state index in [1.54, 1.807) is 6.92 Å². The molecule has 0 saturated carbocycles. The van der Waals surface area contributed by atoms with E-state index < -0.39 is 5.60 Å². The van der Waals surface area contributed by atoms with Crippen molar-refractivity contribution in [3.63, 3.8) is 0 Å². The van der Waals surface area contributed by atoms with Crippen molar-refractivity contribution in [1.82, 2.24) is 0 Å². The van der Waals surface area contributed by atoms with Crippen molar-refractivity contribution in [1.29, 1.82) is 0 Å². The first kappa shape index (κ1) is 17.5. The molecular weight excluding hydrogens is 332 g/mol. The van der Waals surface area contributed by atoms with Gasteiger partial charge in [0.2, 0.25) is 0 Å². The molecule has 3 aromatic rings. The lowest BCUT2D eigenvalue weighted by Crippen LogP contribution is -2.38. The minimum Gasteiger partial charge on any atom is -0.446 e. The van der Waals surface area contributed by atoms with Gasteiger partial charge in [-0.15, -0.1) is 0 Å². The lowest BCUT2D eigenvalue weighted by atomic mass is 9.70. The van der Waals surface area contributed by atoms with Gasteiger partial charge in [-0.3, -0.25) is 0 Å². The second-order valence-corrected chi connectivity index (χ2v) is 7.85. The van der Waals surface area contributed by atoms with Crippen molar-refractivity contribution in [3.8, 4) is 11.1 Å². The van der Waals surface area contributed by atoms with Gasteiger partial charge in [0.25, 0.3) is 0 Å². The summed E-state index contributed by atoms with van der Waals surface area (Å²) in [5, 5.41) is 2.34. The first-order valence-electron chi connectivity index (χ1n) is 9.45.